The van der Waals surface area contributed by atoms with Crippen LogP contribution >= 0.6 is 27.7 Å². The molecule has 0 aliphatic carbocycles. The molecule has 2 rings (SSSR count). The van der Waals surface area contributed by atoms with E-state index in [1.54, 1.807) is 0 Å². The van der Waals surface area contributed by atoms with Crippen molar-refractivity contribution in [1.29, 1.82) is 0 Å². The van der Waals surface area contributed by atoms with Crippen molar-refractivity contribution in [1.82, 2.24) is 0 Å². The Labute approximate surface area is 121 Å². The van der Waals surface area contributed by atoms with Gasteiger partial charge in [0.2, 0.25) is 0 Å². The number of nitrogens with two attached hydrogens (primary N) is 1. The van der Waals surface area contributed by atoms with E-state index in [0.29, 0.717) is 6.54 Å². The lowest BCUT2D eigenvalue weighted by Gasteiger charge is -2.08. The topological polar surface area (TPSA) is 26.0 Å². The van der Waals surface area contributed by atoms with Crippen LogP contribution in [0.1, 0.15) is 16.7 Å². The molecule has 0 amide bonds. The Hall–Kier alpha value is -0.770. The highest BCUT2D eigenvalue weighted by atomic mass is 79.9. The van der Waals surface area contributed by atoms with Gasteiger partial charge in [-0.25, -0.2) is 0 Å². The fraction of sp³-hybridized carbons (Fsp3) is 0.200. The highest BCUT2D eigenvalue weighted by molar-refractivity contribution is 9.10. The molecular formula is C15H16BrNS. The minimum absolute atomic E-state index is 0.585. The molecule has 2 aromatic rings. The van der Waals surface area contributed by atoms with Crippen LogP contribution in [-0.2, 0) is 12.3 Å². The fourth-order valence-corrected chi connectivity index (χ4v) is 3.48. The number of hydrogen-bond donors (Lipinski definition) is 1. The molecule has 0 fully saturated rings. The third-order valence-electron chi connectivity index (χ3n) is 2.88. The van der Waals surface area contributed by atoms with Gasteiger partial charge < -0.3 is 5.73 Å². The van der Waals surface area contributed by atoms with Crippen molar-refractivity contribution in [3.05, 3.63) is 63.6 Å². The molecule has 0 radical (unpaired) electrons. The Morgan fingerprint density at radius 1 is 1.17 bits per heavy atom. The molecule has 0 atom stereocenters. The highest BCUT2D eigenvalue weighted by Gasteiger charge is 2.03. The summed E-state index contributed by atoms with van der Waals surface area (Å²) in [6.07, 6.45) is 0. The van der Waals surface area contributed by atoms with E-state index < -0.39 is 0 Å². The number of rotatable bonds is 4. The summed E-state index contributed by atoms with van der Waals surface area (Å²) < 4.78 is 1.13. The molecule has 18 heavy (non-hydrogen) atoms. The zero-order valence-corrected chi connectivity index (χ0v) is 12.7. The van der Waals surface area contributed by atoms with Crippen LogP contribution in [0.3, 0.4) is 0 Å². The number of hydrogen-bond acceptors (Lipinski definition) is 2. The van der Waals surface area contributed by atoms with Crippen LogP contribution in [0, 0.1) is 6.92 Å². The predicted octanol–water partition coefficient (Wildman–Crippen LogP) is 4.51. The fourth-order valence-electron chi connectivity index (χ4n) is 1.72. The van der Waals surface area contributed by atoms with Gasteiger partial charge in [0.15, 0.2) is 0 Å². The monoisotopic (exact) mass is 321 g/mol. The zero-order chi connectivity index (χ0) is 13.0. The van der Waals surface area contributed by atoms with Crippen LogP contribution in [0.2, 0.25) is 0 Å². The van der Waals surface area contributed by atoms with E-state index in [1.807, 2.05) is 11.8 Å². The molecular weight excluding hydrogens is 306 g/mol. The van der Waals surface area contributed by atoms with Crippen molar-refractivity contribution in [2.75, 3.05) is 0 Å². The Morgan fingerprint density at radius 2 is 1.94 bits per heavy atom. The third-order valence-corrected chi connectivity index (χ3v) is 4.92. The molecule has 0 spiro atoms. The van der Waals surface area contributed by atoms with Crippen molar-refractivity contribution < 1.29 is 0 Å². The van der Waals surface area contributed by atoms with Crippen LogP contribution in [0.5, 0.6) is 0 Å². The number of thioether (sulfide) groups is 1. The molecule has 0 saturated heterocycles. The average molecular weight is 322 g/mol. The van der Waals surface area contributed by atoms with E-state index in [2.05, 4.69) is 65.3 Å². The molecule has 0 aliphatic heterocycles. The van der Waals surface area contributed by atoms with E-state index in [0.717, 1.165) is 15.8 Å². The molecule has 0 aromatic heterocycles. The summed E-state index contributed by atoms with van der Waals surface area (Å²) in [5.41, 5.74) is 9.51. The first kappa shape index (κ1) is 13.7. The lowest BCUT2D eigenvalue weighted by molar-refractivity contribution is 1.06. The van der Waals surface area contributed by atoms with E-state index in [4.69, 9.17) is 5.73 Å². The summed E-state index contributed by atoms with van der Waals surface area (Å²) in [4.78, 5) is 1.26. The van der Waals surface area contributed by atoms with Crippen molar-refractivity contribution in [2.45, 2.75) is 24.1 Å². The summed E-state index contributed by atoms with van der Waals surface area (Å²) in [6, 6.07) is 14.8. The van der Waals surface area contributed by atoms with Crippen molar-refractivity contribution >= 4 is 27.7 Å². The summed E-state index contributed by atoms with van der Waals surface area (Å²) in [5, 5.41) is 0. The number of benzene rings is 2. The minimum Gasteiger partial charge on any atom is -0.326 e. The van der Waals surface area contributed by atoms with Gasteiger partial charge in [0, 0.05) is 21.7 Å². The van der Waals surface area contributed by atoms with Gasteiger partial charge in [0.1, 0.15) is 0 Å². The Kier molecular flexibility index (Phi) is 4.87. The SMILES string of the molecule is Cc1ccccc1CSc1ccc(CN)cc1Br. The van der Waals surface area contributed by atoms with Gasteiger partial charge in [-0.05, 0) is 51.7 Å². The molecule has 0 heterocycles. The maximum Gasteiger partial charge on any atom is 0.0314 e. The van der Waals surface area contributed by atoms with Crippen molar-refractivity contribution in [3.63, 3.8) is 0 Å². The van der Waals surface area contributed by atoms with Gasteiger partial charge in [0.25, 0.3) is 0 Å². The second-order valence-electron chi connectivity index (χ2n) is 4.18. The molecule has 1 nitrogen and oxygen atoms in total. The van der Waals surface area contributed by atoms with Gasteiger partial charge in [-0.2, -0.15) is 0 Å². The molecule has 3 heteroatoms. The normalized spacial score (nSPS) is 10.6. The van der Waals surface area contributed by atoms with Gasteiger partial charge in [0.05, 0.1) is 0 Å². The van der Waals surface area contributed by atoms with Crippen molar-refractivity contribution in [2.24, 2.45) is 5.73 Å². The second kappa shape index (κ2) is 6.41. The Balaban J connectivity index is 2.09. The lowest BCUT2D eigenvalue weighted by atomic mass is 10.1. The maximum atomic E-state index is 5.63. The minimum atomic E-state index is 0.585. The third kappa shape index (κ3) is 3.37. The maximum absolute atomic E-state index is 5.63. The predicted molar refractivity (Wildman–Crippen MR) is 82.8 cm³/mol. The summed E-state index contributed by atoms with van der Waals surface area (Å²) in [7, 11) is 0. The van der Waals surface area contributed by atoms with Gasteiger partial charge >= 0.3 is 0 Å². The number of halogens is 1. The first-order valence-corrected chi connectivity index (χ1v) is 7.64. The van der Waals surface area contributed by atoms with E-state index in [9.17, 15) is 0 Å². The molecule has 0 aliphatic rings. The second-order valence-corrected chi connectivity index (χ2v) is 6.06. The Bertz CT molecular complexity index is 540. The van der Waals surface area contributed by atoms with E-state index in [1.165, 1.54) is 16.0 Å². The van der Waals surface area contributed by atoms with Crippen LogP contribution in [0.4, 0.5) is 0 Å². The Morgan fingerprint density at radius 3 is 2.61 bits per heavy atom. The smallest absolute Gasteiger partial charge is 0.0314 e. The van der Waals surface area contributed by atoms with Crippen LogP contribution in [0.25, 0.3) is 0 Å². The largest absolute Gasteiger partial charge is 0.326 e. The van der Waals surface area contributed by atoms with E-state index >= 15 is 0 Å². The molecule has 0 saturated carbocycles. The van der Waals surface area contributed by atoms with E-state index in [-0.39, 0.29) is 0 Å². The zero-order valence-electron chi connectivity index (χ0n) is 10.3. The average Bonchev–Trinajstić information content (AvgIpc) is 2.39. The first-order valence-electron chi connectivity index (χ1n) is 5.86. The summed E-state index contributed by atoms with van der Waals surface area (Å²) >= 11 is 5.45. The van der Waals surface area contributed by atoms with Crippen LogP contribution in [0.15, 0.2) is 51.8 Å². The first-order chi connectivity index (χ1) is 8.70. The number of aryl methyl sites for hydroxylation is 1. The van der Waals surface area contributed by atoms with Crippen LogP contribution in [-0.4, -0.2) is 0 Å². The van der Waals surface area contributed by atoms with Crippen molar-refractivity contribution in [3.8, 4) is 0 Å². The standard InChI is InChI=1S/C15H16BrNS/c1-11-4-2-3-5-13(11)10-18-15-7-6-12(9-17)8-14(15)16/h2-8H,9-10,17H2,1H3. The molecule has 0 unspecified atom stereocenters. The molecule has 0 bridgehead atoms. The van der Waals surface area contributed by atoms with Gasteiger partial charge in [-0.3, -0.25) is 0 Å². The molecule has 2 aromatic carbocycles. The van der Waals surface area contributed by atoms with Gasteiger partial charge in [-0.15, -0.1) is 11.8 Å². The summed E-state index contributed by atoms with van der Waals surface area (Å²) in [5.74, 6) is 0.993. The van der Waals surface area contributed by atoms with Crippen LogP contribution < -0.4 is 5.73 Å². The lowest BCUT2D eigenvalue weighted by Crippen LogP contribution is -1.95. The van der Waals surface area contributed by atoms with Gasteiger partial charge in [-0.1, -0.05) is 30.3 Å². The quantitative estimate of drug-likeness (QED) is 0.838. The molecule has 94 valence electrons. The highest BCUT2D eigenvalue weighted by Crippen LogP contribution is 2.31. The summed E-state index contributed by atoms with van der Waals surface area (Å²) in [6.45, 7) is 2.74. The molecule has 2 N–H and O–H groups in total.